The lowest BCUT2D eigenvalue weighted by Crippen LogP contribution is -2.48. The maximum Gasteiger partial charge on any atom is 0.306 e. The van der Waals surface area contributed by atoms with Crippen LogP contribution in [0, 0.1) is 5.92 Å². The molecule has 0 aliphatic carbocycles. The number of methoxy groups -OCH3 is 1. The van der Waals surface area contributed by atoms with Crippen LogP contribution >= 0.6 is 0 Å². The first-order valence-corrected chi connectivity index (χ1v) is 8.14. The average molecular weight is 335 g/mol. The topological polar surface area (TPSA) is 84.9 Å². The van der Waals surface area contributed by atoms with E-state index in [1.807, 2.05) is 6.92 Å². The first-order valence-electron chi connectivity index (χ1n) is 8.14. The maximum absolute atomic E-state index is 12.7. The van der Waals surface area contributed by atoms with Gasteiger partial charge in [0.2, 0.25) is 5.91 Å². The number of carbonyl (C=O) groups excluding carboxylic acids is 1. The number of benzene rings is 1. The van der Waals surface area contributed by atoms with E-state index in [1.165, 1.54) is 0 Å². The van der Waals surface area contributed by atoms with E-state index in [0.717, 1.165) is 0 Å². The van der Waals surface area contributed by atoms with E-state index in [1.54, 1.807) is 38.3 Å². The van der Waals surface area contributed by atoms with Crippen LogP contribution in [0.4, 0.5) is 0 Å². The molecule has 1 aromatic rings. The second-order valence-corrected chi connectivity index (χ2v) is 6.53. The van der Waals surface area contributed by atoms with Gasteiger partial charge in [0.25, 0.3) is 0 Å². The molecule has 3 unspecified atom stereocenters. The minimum Gasteiger partial charge on any atom is -0.497 e. The van der Waals surface area contributed by atoms with Gasteiger partial charge in [0.1, 0.15) is 5.75 Å². The van der Waals surface area contributed by atoms with Crippen molar-refractivity contribution in [1.29, 1.82) is 0 Å². The Morgan fingerprint density at radius 3 is 2.83 bits per heavy atom. The Morgan fingerprint density at radius 2 is 2.21 bits per heavy atom. The predicted molar refractivity (Wildman–Crippen MR) is 88.9 cm³/mol. The molecule has 2 rings (SSSR count). The number of carbonyl (C=O) groups is 2. The highest BCUT2D eigenvalue weighted by atomic mass is 16.5. The third-order valence-electron chi connectivity index (χ3n) is 4.47. The Labute approximate surface area is 142 Å². The fourth-order valence-corrected chi connectivity index (χ4v) is 3.10. The Bertz CT molecular complexity index is 603. The van der Waals surface area contributed by atoms with Gasteiger partial charge < -0.3 is 19.9 Å². The summed E-state index contributed by atoms with van der Waals surface area (Å²) in [5, 5.41) is 12.3. The van der Waals surface area contributed by atoms with Crippen LogP contribution in [0.2, 0.25) is 0 Å². The van der Waals surface area contributed by atoms with Crippen molar-refractivity contribution in [2.45, 2.75) is 44.8 Å². The molecule has 1 aromatic carbocycles. The molecule has 3 atom stereocenters. The number of hydrogen-bond acceptors (Lipinski definition) is 4. The first kappa shape index (κ1) is 18.3. The molecule has 1 amide bonds. The van der Waals surface area contributed by atoms with Crippen molar-refractivity contribution in [3.8, 4) is 5.75 Å². The van der Waals surface area contributed by atoms with E-state index >= 15 is 0 Å². The van der Waals surface area contributed by atoms with Gasteiger partial charge in [0.15, 0.2) is 0 Å². The lowest BCUT2D eigenvalue weighted by molar-refractivity contribution is -0.140. The maximum atomic E-state index is 12.7. The fourth-order valence-electron chi connectivity index (χ4n) is 3.10. The molecule has 0 spiro atoms. The largest absolute Gasteiger partial charge is 0.497 e. The summed E-state index contributed by atoms with van der Waals surface area (Å²) in [6.07, 6.45) is 1.13. The van der Waals surface area contributed by atoms with Crippen molar-refractivity contribution in [2.24, 2.45) is 5.92 Å². The number of carboxylic acid groups (broad SMARTS) is 1. The van der Waals surface area contributed by atoms with E-state index in [2.05, 4.69) is 5.32 Å². The predicted octanol–water partition coefficient (Wildman–Crippen LogP) is 2.32. The number of amides is 1. The molecule has 132 valence electrons. The fraction of sp³-hybridized carbons (Fsp3) is 0.556. The monoisotopic (exact) mass is 335 g/mol. The van der Waals surface area contributed by atoms with Crippen LogP contribution in [0.5, 0.6) is 5.75 Å². The lowest BCUT2D eigenvalue weighted by atomic mass is 9.86. The van der Waals surface area contributed by atoms with Gasteiger partial charge in [-0.3, -0.25) is 9.59 Å². The number of hydrogen-bond donors (Lipinski definition) is 2. The highest BCUT2D eigenvalue weighted by Gasteiger charge is 2.35. The second kappa shape index (κ2) is 7.66. The Kier molecular flexibility index (Phi) is 5.83. The van der Waals surface area contributed by atoms with E-state index in [0.29, 0.717) is 30.8 Å². The number of rotatable bonds is 6. The Hall–Kier alpha value is -2.08. The van der Waals surface area contributed by atoms with Crippen molar-refractivity contribution in [2.75, 3.05) is 13.7 Å². The van der Waals surface area contributed by atoms with Crippen molar-refractivity contribution < 1.29 is 24.2 Å². The molecule has 2 N–H and O–H groups in total. The summed E-state index contributed by atoms with van der Waals surface area (Å²) in [7, 11) is 1.55. The van der Waals surface area contributed by atoms with E-state index < -0.39 is 11.5 Å². The van der Waals surface area contributed by atoms with Crippen molar-refractivity contribution >= 4 is 11.9 Å². The van der Waals surface area contributed by atoms with Crippen LogP contribution in [0.1, 0.15) is 38.7 Å². The number of ether oxygens (including phenoxy) is 2. The summed E-state index contributed by atoms with van der Waals surface area (Å²) in [5.41, 5.74) is -0.295. The van der Waals surface area contributed by atoms with E-state index in [4.69, 9.17) is 9.47 Å². The van der Waals surface area contributed by atoms with E-state index in [-0.39, 0.29) is 24.3 Å². The SMILES string of the molecule is COc1cccc(C(C)(CC(=O)O)NC(=O)C2CCOC(C)C2)c1. The molecule has 1 aliphatic rings. The second-order valence-electron chi connectivity index (χ2n) is 6.53. The van der Waals surface area contributed by atoms with Gasteiger partial charge in [0.05, 0.1) is 25.2 Å². The molecule has 1 fully saturated rings. The minimum atomic E-state index is -1.00. The van der Waals surface area contributed by atoms with Crippen LogP contribution in [0.15, 0.2) is 24.3 Å². The normalized spacial score (nSPS) is 23.1. The molecule has 1 heterocycles. The number of aliphatic carboxylic acids is 1. The minimum absolute atomic E-state index is 0.0389. The van der Waals surface area contributed by atoms with Crippen LogP contribution < -0.4 is 10.1 Å². The van der Waals surface area contributed by atoms with Gasteiger partial charge in [-0.15, -0.1) is 0 Å². The number of nitrogens with one attached hydrogen (secondary N) is 1. The van der Waals surface area contributed by atoms with Crippen molar-refractivity contribution in [1.82, 2.24) is 5.32 Å². The van der Waals surface area contributed by atoms with Crippen LogP contribution in [0.3, 0.4) is 0 Å². The zero-order valence-electron chi connectivity index (χ0n) is 14.4. The standard InChI is InChI=1S/C18H25NO5/c1-12-9-13(7-8-24-12)17(22)19-18(2,11-16(20)21)14-5-4-6-15(10-14)23-3/h4-6,10,12-13H,7-9,11H2,1-3H3,(H,19,22)(H,20,21). The Morgan fingerprint density at radius 1 is 1.46 bits per heavy atom. The zero-order valence-corrected chi connectivity index (χ0v) is 14.4. The summed E-state index contributed by atoms with van der Waals surface area (Å²) in [6, 6.07) is 7.14. The third-order valence-corrected chi connectivity index (χ3v) is 4.47. The van der Waals surface area contributed by atoms with E-state index in [9.17, 15) is 14.7 Å². The average Bonchev–Trinajstić information content (AvgIpc) is 2.54. The van der Waals surface area contributed by atoms with Gasteiger partial charge in [-0.2, -0.15) is 0 Å². The van der Waals surface area contributed by atoms with Crippen LogP contribution in [-0.2, 0) is 19.9 Å². The molecule has 0 bridgehead atoms. The summed E-state index contributed by atoms with van der Waals surface area (Å²) < 4.78 is 10.7. The molecular weight excluding hydrogens is 310 g/mol. The van der Waals surface area contributed by atoms with Gasteiger partial charge in [-0.05, 0) is 44.4 Å². The Balaban J connectivity index is 2.23. The van der Waals surface area contributed by atoms with Crippen LogP contribution in [0.25, 0.3) is 0 Å². The van der Waals surface area contributed by atoms with Gasteiger partial charge in [-0.1, -0.05) is 12.1 Å². The molecule has 24 heavy (non-hydrogen) atoms. The van der Waals surface area contributed by atoms with Gasteiger partial charge in [0, 0.05) is 12.5 Å². The number of carboxylic acids is 1. The van der Waals surface area contributed by atoms with Crippen LogP contribution in [-0.4, -0.2) is 36.8 Å². The molecular formula is C18H25NO5. The molecule has 1 saturated heterocycles. The summed E-state index contributed by atoms with van der Waals surface area (Å²) >= 11 is 0. The van der Waals surface area contributed by atoms with Crippen molar-refractivity contribution in [3.63, 3.8) is 0 Å². The van der Waals surface area contributed by atoms with Crippen molar-refractivity contribution in [3.05, 3.63) is 29.8 Å². The smallest absolute Gasteiger partial charge is 0.306 e. The van der Waals surface area contributed by atoms with Gasteiger partial charge in [-0.25, -0.2) is 0 Å². The molecule has 6 heteroatoms. The van der Waals surface area contributed by atoms with Gasteiger partial charge >= 0.3 is 5.97 Å². The highest BCUT2D eigenvalue weighted by Crippen LogP contribution is 2.29. The molecule has 6 nitrogen and oxygen atoms in total. The quantitative estimate of drug-likeness (QED) is 0.833. The summed E-state index contributed by atoms with van der Waals surface area (Å²) in [4.78, 5) is 24.0. The zero-order chi connectivity index (χ0) is 17.7. The first-order chi connectivity index (χ1) is 11.3. The molecule has 1 aliphatic heterocycles. The summed E-state index contributed by atoms with van der Waals surface area (Å²) in [5.74, 6) is -0.636. The molecule has 0 saturated carbocycles. The molecule has 0 aromatic heterocycles. The highest BCUT2D eigenvalue weighted by molar-refractivity contribution is 5.81. The third kappa shape index (κ3) is 4.47. The lowest BCUT2D eigenvalue weighted by Gasteiger charge is -2.34. The summed E-state index contributed by atoms with van der Waals surface area (Å²) in [6.45, 7) is 4.22. The molecule has 0 radical (unpaired) electrons.